The highest BCUT2D eigenvalue weighted by atomic mass is 16.2. The van der Waals surface area contributed by atoms with E-state index in [0.29, 0.717) is 5.92 Å². The fourth-order valence-corrected chi connectivity index (χ4v) is 1.61. The van der Waals surface area contributed by atoms with Crippen molar-refractivity contribution in [1.29, 1.82) is 0 Å². The van der Waals surface area contributed by atoms with Crippen LogP contribution < -0.4 is 11.1 Å². The first-order valence-electron chi connectivity index (χ1n) is 6.09. The van der Waals surface area contributed by atoms with Crippen molar-refractivity contribution in [3.63, 3.8) is 0 Å². The summed E-state index contributed by atoms with van der Waals surface area (Å²) in [6.45, 7) is 5.91. The molecule has 18 heavy (non-hydrogen) atoms. The van der Waals surface area contributed by atoms with E-state index < -0.39 is 11.8 Å². The van der Waals surface area contributed by atoms with Crippen molar-refractivity contribution in [2.75, 3.05) is 5.32 Å². The number of benzene rings is 1. The van der Waals surface area contributed by atoms with Gasteiger partial charge in [0.05, 0.1) is 0 Å². The zero-order chi connectivity index (χ0) is 13.7. The normalized spacial score (nSPS) is 12.2. The number of hydrogen-bond acceptors (Lipinski definition) is 2. The van der Waals surface area contributed by atoms with Gasteiger partial charge in [-0.05, 0) is 23.6 Å². The van der Waals surface area contributed by atoms with Crippen molar-refractivity contribution in [2.24, 2.45) is 11.7 Å². The Morgan fingerprint density at radius 2 is 1.72 bits per heavy atom. The average Bonchev–Trinajstić information content (AvgIpc) is 2.28. The van der Waals surface area contributed by atoms with Gasteiger partial charge < -0.3 is 11.1 Å². The summed E-state index contributed by atoms with van der Waals surface area (Å²) >= 11 is 0. The van der Waals surface area contributed by atoms with Crippen LogP contribution in [0.2, 0.25) is 0 Å². The molecule has 1 aromatic carbocycles. The maximum atomic E-state index is 11.7. The van der Waals surface area contributed by atoms with Crippen LogP contribution in [0.1, 0.15) is 38.7 Å². The van der Waals surface area contributed by atoms with E-state index in [1.165, 1.54) is 5.56 Å². The molecule has 1 rings (SSSR count). The van der Waals surface area contributed by atoms with Crippen LogP contribution in [-0.2, 0) is 9.59 Å². The van der Waals surface area contributed by atoms with Gasteiger partial charge in [-0.15, -0.1) is 0 Å². The molecule has 0 heterocycles. The summed E-state index contributed by atoms with van der Waals surface area (Å²) in [5.41, 5.74) is 7.02. The minimum absolute atomic E-state index is 0.0654. The maximum absolute atomic E-state index is 11.7. The molecule has 4 heteroatoms. The minimum atomic E-state index is -0.465. The van der Waals surface area contributed by atoms with E-state index in [9.17, 15) is 9.59 Å². The number of anilines is 1. The molecule has 2 amide bonds. The predicted octanol–water partition coefficient (Wildman–Crippen LogP) is 2.26. The fourth-order valence-electron chi connectivity index (χ4n) is 1.61. The van der Waals surface area contributed by atoms with E-state index in [1.807, 2.05) is 24.3 Å². The Morgan fingerprint density at radius 3 is 2.17 bits per heavy atom. The molecule has 98 valence electrons. The maximum Gasteiger partial charge on any atom is 0.227 e. The van der Waals surface area contributed by atoms with Gasteiger partial charge in [-0.1, -0.05) is 32.9 Å². The van der Waals surface area contributed by atoms with Crippen molar-refractivity contribution in [2.45, 2.75) is 33.1 Å². The average molecular weight is 248 g/mol. The molecular weight excluding hydrogens is 228 g/mol. The third kappa shape index (κ3) is 4.20. The summed E-state index contributed by atoms with van der Waals surface area (Å²) in [5, 5.41) is 2.77. The number of primary amides is 1. The fraction of sp³-hybridized carbons (Fsp3) is 0.429. The zero-order valence-corrected chi connectivity index (χ0v) is 11.1. The van der Waals surface area contributed by atoms with E-state index >= 15 is 0 Å². The van der Waals surface area contributed by atoms with Gasteiger partial charge in [0.15, 0.2) is 0 Å². The lowest BCUT2D eigenvalue weighted by molar-refractivity contribution is -0.125. The van der Waals surface area contributed by atoms with Crippen LogP contribution in [0.5, 0.6) is 0 Å². The molecule has 0 aromatic heterocycles. The molecule has 0 spiro atoms. The summed E-state index contributed by atoms with van der Waals surface area (Å²) in [7, 11) is 0. The summed E-state index contributed by atoms with van der Waals surface area (Å²) in [5.74, 6) is -0.602. The van der Waals surface area contributed by atoms with Crippen LogP contribution in [0.15, 0.2) is 24.3 Å². The highest BCUT2D eigenvalue weighted by Gasteiger charge is 2.15. The number of rotatable bonds is 5. The molecule has 0 aliphatic rings. The van der Waals surface area contributed by atoms with E-state index in [2.05, 4.69) is 19.2 Å². The van der Waals surface area contributed by atoms with Crippen LogP contribution >= 0.6 is 0 Å². The summed E-state index contributed by atoms with van der Waals surface area (Å²) in [4.78, 5) is 22.5. The quantitative estimate of drug-likeness (QED) is 0.839. The molecule has 0 radical (unpaired) electrons. The molecule has 0 aliphatic heterocycles. The molecule has 0 saturated heterocycles. The van der Waals surface area contributed by atoms with Crippen molar-refractivity contribution >= 4 is 17.5 Å². The Kier molecular flexibility index (Phi) is 4.89. The van der Waals surface area contributed by atoms with Gasteiger partial charge in [0, 0.05) is 18.0 Å². The summed E-state index contributed by atoms with van der Waals surface area (Å²) in [6, 6.07) is 7.70. The van der Waals surface area contributed by atoms with Gasteiger partial charge >= 0.3 is 0 Å². The van der Waals surface area contributed by atoms with Crippen LogP contribution in [0.3, 0.4) is 0 Å². The van der Waals surface area contributed by atoms with Crippen molar-refractivity contribution < 1.29 is 9.59 Å². The predicted molar refractivity (Wildman–Crippen MR) is 72.1 cm³/mol. The molecule has 0 fully saturated rings. The van der Waals surface area contributed by atoms with Gasteiger partial charge in [-0.2, -0.15) is 0 Å². The Labute approximate surface area is 108 Å². The highest BCUT2D eigenvalue weighted by molar-refractivity contribution is 5.94. The Morgan fingerprint density at radius 1 is 1.17 bits per heavy atom. The molecule has 4 nitrogen and oxygen atoms in total. The molecule has 1 aromatic rings. The van der Waals surface area contributed by atoms with Crippen molar-refractivity contribution in [1.82, 2.24) is 0 Å². The SMILES string of the molecule is CC(CC(N)=O)C(=O)Nc1ccc(C(C)C)cc1. The number of amides is 2. The second-order valence-electron chi connectivity index (χ2n) is 4.84. The smallest absolute Gasteiger partial charge is 0.227 e. The zero-order valence-electron chi connectivity index (χ0n) is 11.1. The lowest BCUT2D eigenvalue weighted by atomic mass is 10.0. The second-order valence-corrected chi connectivity index (χ2v) is 4.84. The lowest BCUT2D eigenvalue weighted by Gasteiger charge is -2.11. The molecule has 0 aliphatic carbocycles. The van der Waals surface area contributed by atoms with Crippen LogP contribution in [0.25, 0.3) is 0 Å². The Hall–Kier alpha value is -1.84. The van der Waals surface area contributed by atoms with E-state index in [-0.39, 0.29) is 12.3 Å². The first-order valence-corrected chi connectivity index (χ1v) is 6.09. The number of carbonyl (C=O) groups excluding carboxylic acids is 2. The minimum Gasteiger partial charge on any atom is -0.370 e. The van der Waals surface area contributed by atoms with Crippen molar-refractivity contribution in [3.05, 3.63) is 29.8 Å². The number of hydrogen-bond donors (Lipinski definition) is 2. The molecule has 1 unspecified atom stereocenters. The standard InChI is InChI=1S/C14H20N2O2/c1-9(2)11-4-6-12(7-5-11)16-14(18)10(3)8-13(15)17/h4-7,9-10H,8H2,1-3H3,(H2,15,17)(H,16,18). The molecule has 3 N–H and O–H groups in total. The molecule has 0 saturated carbocycles. The van der Waals surface area contributed by atoms with E-state index in [4.69, 9.17) is 5.73 Å². The van der Waals surface area contributed by atoms with Gasteiger partial charge in [-0.3, -0.25) is 9.59 Å². The van der Waals surface area contributed by atoms with Crippen molar-refractivity contribution in [3.8, 4) is 0 Å². The first-order chi connectivity index (χ1) is 8.40. The van der Waals surface area contributed by atoms with Gasteiger partial charge in [0.2, 0.25) is 11.8 Å². The number of carbonyl (C=O) groups is 2. The molecular formula is C14H20N2O2. The van der Waals surface area contributed by atoms with Crippen LogP contribution in [-0.4, -0.2) is 11.8 Å². The number of nitrogens with two attached hydrogens (primary N) is 1. The van der Waals surface area contributed by atoms with Crippen LogP contribution in [0.4, 0.5) is 5.69 Å². The lowest BCUT2D eigenvalue weighted by Crippen LogP contribution is -2.25. The highest BCUT2D eigenvalue weighted by Crippen LogP contribution is 2.17. The van der Waals surface area contributed by atoms with E-state index in [0.717, 1.165) is 5.69 Å². The molecule has 0 bridgehead atoms. The monoisotopic (exact) mass is 248 g/mol. The topological polar surface area (TPSA) is 72.2 Å². The summed E-state index contributed by atoms with van der Waals surface area (Å²) < 4.78 is 0. The largest absolute Gasteiger partial charge is 0.370 e. The Bertz CT molecular complexity index is 424. The third-order valence-corrected chi connectivity index (χ3v) is 2.80. The second kappa shape index (κ2) is 6.19. The third-order valence-electron chi connectivity index (χ3n) is 2.80. The van der Waals surface area contributed by atoms with Gasteiger partial charge in [0.25, 0.3) is 0 Å². The molecule has 1 atom stereocenters. The first kappa shape index (κ1) is 14.2. The Balaban J connectivity index is 2.62. The van der Waals surface area contributed by atoms with Crippen LogP contribution in [0, 0.1) is 5.92 Å². The number of nitrogens with one attached hydrogen (secondary N) is 1. The summed E-state index contributed by atoms with van der Waals surface area (Å²) in [6.07, 6.45) is 0.0654. The van der Waals surface area contributed by atoms with Gasteiger partial charge in [0.1, 0.15) is 0 Å². The van der Waals surface area contributed by atoms with Gasteiger partial charge in [-0.25, -0.2) is 0 Å². The van der Waals surface area contributed by atoms with E-state index in [1.54, 1.807) is 6.92 Å².